The zero-order valence-corrected chi connectivity index (χ0v) is 13.8. The van der Waals surface area contributed by atoms with Crippen LogP contribution in [0.3, 0.4) is 0 Å². The first-order chi connectivity index (χ1) is 12.1. The fourth-order valence-electron chi connectivity index (χ4n) is 3.53. The van der Waals surface area contributed by atoms with Crippen molar-refractivity contribution in [2.24, 2.45) is 5.73 Å². The van der Waals surface area contributed by atoms with Crippen molar-refractivity contribution in [2.45, 2.75) is 25.9 Å². The first-order valence-electron chi connectivity index (χ1n) is 8.30. The summed E-state index contributed by atoms with van der Waals surface area (Å²) in [6.07, 6.45) is 0.629. The second-order valence-electron chi connectivity index (χ2n) is 6.27. The number of hydrogen-bond donors (Lipinski definition) is 2. The Hall–Kier alpha value is -3.08. The van der Waals surface area contributed by atoms with E-state index in [1.807, 2.05) is 49.4 Å². The Morgan fingerprint density at radius 3 is 2.80 bits per heavy atom. The van der Waals surface area contributed by atoms with Gasteiger partial charge in [-0.05, 0) is 24.1 Å². The molecule has 2 aromatic rings. The second kappa shape index (κ2) is 5.77. The normalized spacial score (nSPS) is 19.0. The molecule has 2 aliphatic heterocycles. The minimum Gasteiger partial charge on any atom is -0.487 e. The molecule has 0 spiro atoms. The Morgan fingerprint density at radius 2 is 2.04 bits per heavy atom. The maximum absolute atomic E-state index is 12.5. The minimum atomic E-state index is -0.348. The van der Waals surface area contributed by atoms with Crippen LogP contribution in [-0.4, -0.2) is 11.8 Å². The number of hydrogen-bond acceptors (Lipinski definition) is 3. The summed E-state index contributed by atoms with van der Waals surface area (Å²) in [4.78, 5) is 24.2. The van der Waals surface area contributed by atoms with Gasteiger partial charge in [-0.3, -0.25) is 9.59 Å². The van der Waals surface area contributed by atoms with Crippen molar-refractivity contribution in [2.75, 3.05) is 5.32 Å². The Kier molecular flexibility index (Phi) is 3.57. The lowest BCUT2D eigenvalue weighted by atomic mass is 9.91. The molecule has 126 valence electrons. The molecule has 1 unspecified atom stereocenters. The zero-order chi connectivity index (χ0) is 17.6. The molecule has 4 rings (SSSR count). The monoisotopic (exact) mass is 334 g/mol. The Morgan fingerprint density at radius 1 is 1.24 bits per heavy atom. The van der Waals surface area contributed by atoms with Crippen molar-refractivity contribution in [3.63, 3.8) is 0 Å². The van der Waals surface area contributed by atoms with Gasteiger partial charge in [0, 0.05) is 22.4 Å². The third-order valence-corrected chi connectivity index (χ3v) is 4.80. The number of fused-ring (bicyclic) bond motifs is 2. The summed E-state index contributed by atoms with van der Waals surface area (Å²) in [5, 5.41) is 2.87. The molecule has 0 saturated carbocycles. The Balaban J connectivity index is 1.87. The number of carbonyl (C=O) groups excluding carboxylic acids is 2. The molecule has 2 aliphatic rings. The molecule has 5 nitrogen and oxygen atoms in total. The Bertz CT molecular complexity index is 930. The number of benzene rings is 2. The van der Waals surface area contributed by atoms with Gasteiger partial charge in [-0.2, -0.15) is 0 Å². The summed E-state index contributed by atoms with van der Waals surface area (Å²) in [5.74, 6) is -0.295. The predicted octanol–water partition coefficient (Wildman–Crippen LogP) is 3.02. The fourth-order valence-corrected chi connectivity index (χ4v) is 3.53. The van der Waals surface area contributed by atoms with Gasteiger partial charge >= 0.3 is 0 Å². The van der Waals surface area contributed by atoms with Crippen molar-refractivity contribution in [3.8, 4) is 0 Å². The number of para-hydroxylation sites is 1. The lowest BCUT2D eigenvalue weighted by molar-refractivity contribution is -0.119. The van der Waals surface area contributed by atoms with Crippen molar-refractivity contribution in [1.29, 1.82) is 0 Å². The number of nitrogens with two attached hydrogens (primary N) is 1. The number of nitrogens with one attached hydrogen (secondary N) is 1. The van der Waals surface area contributed by atoms with E-state index in [2.05, 4.69) is 5.32 Å². The molecule has 3 N–H and O–H groups in total. The topological polar surface area (TPSA) is 81.4 Å². The maximum atomic E-state index is 12.5. The van der Waals surface area contributed by atoms with Gasteiger partial charge in [0.1, 0.15) is 12.4 Å². The second-order valence-corrected chi connectivity index (χ2v) is 6.27. The molecule has 0 saturated heterocycles. The van der Waals surface area contributed by atoms with E-state index in [1.54, 1.807) is 0 Å². The van der Waals surface area contributed by atoms with Crippen LogP contribution in [0.25, 0.3) is 11.3 Å². The van der Waals surface area contributed by atoms with E-state index in [4.69, 9.17) is 10.5 Å². The fraction of sp³-hybridized carbons (Fsp3) is 0.200. The molecule has 5 heteroatoms. The Labute approximate surface area is 145 Å². The largest absolute Gasteiger partial charge is 0.487 e. The molecular formula is C20H18N2O3. The van der Waals surface area contributed by atoms with Crippen LogP contribution in [0, 0.1) is 0 Å². The van der Waals surface area contributed by atoms with Gasteiger partial charge < -0.3 is 15.8 Å². The first-order valence-corrected chi connectivity index (χ1v) is 8.30. The number of amides is 2. The third-order valence-electron chi connectivity index (χ3n) is 4.80. The van der Waals surface area contributed by atoms with Gasteiger partial charge in [-0.15, -0.1) is 0 Å². The zero-order valence-electron chi connectivity index (χ0n) is 13.8. The van der Waals surface area contributed by atoms with E-state index in [9.17, 15) is 9.59 Å². The smallest absolute Gasteiger partial charge is 0.260 e. The minimum absolute atomic E-state index is 0.170. The number of rotatable bonds is 3. The quantitative estimate of drug-likeness (QED) is 0.847. The van der Waals surface area contributed by atoms with Crippen molar-refractivity contribution < 1.29 is 14.3 Å². The summed E-state index contributed by atoms with van der Waals surface area (Å²) >= 11 is 0. The van der Waals surface area contributed by atoms with E-state index < -0.39 is 0 Å². The summed E-state index contributed by atoms with van der Waals surface area (Å²) in [7, 11) is 0. The lowest BCUT2D eigenvalue weighted by Gasteiger charge is -2.13. The molecular weight excluding hydrogens is 316 g/mol. The molecule has 2 amide bonds. The van der Waals surface area contributed by atoms with Gasteiger partial charge in [0.15, 0.2) is 0 Å². The third kappa shape index (κ3) is 2.39. The van der Waals surface area contributed by atoms with Crippen LogP contribution in [0.15, 0.2) is 42.5 Å². The predicted molar refractivity (Wildman–Crippen MR) is 95.3 cm³/mol. The molecule has 0 aromatic heterocycles. The van der Waals surface area contributed by atoms with Crippen LogP contribution in [-0.2, 0) is 20.9 Å². The highest BCUT2D eigenvalue weighted by Gasteiger charge is 2.32. The van der Waals surface area contributed by atoms with Gasteiger partial charge in [-0.25, -0.2) is 0 Å². The summed E-state index contributed by atoms with van der Waals surface area (Å²) in [6, 6.07) is 13.3. The van der Waals surface area contributed by atoms with Crippen molar-refractivity contribution in [3.05, 3.63) is 64.7 Å². The average molecular weight is 334 g/mol. The van der Waals surface area contributed by atoms with Crippen LogP contribution in [0.4, 0.5) is 5.69 Å². The van der Waals surface area contributed by atoms with E-state index in [-0.39, 0.29) is 17.7 Å². The number of primary amides is 1. The molecule has 25 heavy (non-hydrogen) atoms. The molecule has 0 bridgehead atoms. The highest BCUT2D eigenvalue weighted by molar-refractivity contribution is 6.36. The van der Waals surface area contributed by atoms with Crippen LogP contribution < -0.4 is 11.1 Å². The van der Waals surface area contributed by atoms with E-state index in [0.717, 1.165) is 27.9 Å². The van der Waals surface area contributed by atoms with Crippen LogP contribution in [0.2, 0.25) is 0 Å². The standard InChI is InChI=1S/C20H18N2O3/c1-2-13(19(21)23)11-7-8-12-10-25-18(15(12)9-11)17-14-5-3-4-6-16(14)22-20(17)24/h3-9,13H,2,10H2,1H3,(H2,21,23)(H,22,24). The highest BCUT2D eigenvalue weighted by Crippen LogP contribution is 2.42. The molecule has 2 heterocycles. The van der Waals surface area contributed by atoms with E-state index >= 15 is 0 Å². The van der Waals surface area contributed by atoms with Gasteiger partial charge in [-0.1, -0.05) is 37.3 Å². The average Bonchev–Trinajstić information content (AvgIpc) is 3.14. The summed E-state index contributed by atoms with van der Waals surface area (Å²) in [6.45, 7) is 2.34. The molecule has 2 aromatic carbocycles. The summed E-state index contributed by atoms with van der Waals surface area (Å²) < 4.78 is 5.87. The summed E-state index contributed by atoms with van der Waals surface area (Å²) in [5.41, 5.74) is 10.4. The van der Waals surface area contributed by atoms with Crippen molar-refractivity contribution >= 4 is 28.8 Å². The number of anilines is 1. The lowest BCUT2D eigenvalue weighted by Crippen LogP contribution is -2.20. The van der Waals surface area contributed by atoms with Crippen LogP contribution >= 0.6 is 0 Å². The van der Waals surface area contributed by atoms with Gasteiger partial charge in [0.05, 0.1) is 11.5 Å². The molecule has 0 aliphatic carbocycles. The number of ether oxygens (including phenoxy) is 1. The first kappa shape index (κ1) is 15.4. The maximum Gasteiger partial charge on any atom is 0.260 e. The van der Waals surface area contributed by atoms with E-state index in [0.29, 0.717) is 24.4 Å². The number of carbonyl (C=O) groups is 2. The van der Waals surface area contributed by atoms with Gasteiger partial charge in [0.25, 0.3) is 5.91 Å². The molecule has 0 radical (unpaired) electrons. The van der Waals surface area contributed by atoms with Crippen LogP contribution in [0.5, 0.6) is 0 Å². The highest BCUT2D eigenvalue weighted by atomic mass is 16.5. The van der Waals surface area contributed by atoms with Gasteiger partial charge in [0.2, 0.25) is 5.91 Å². The van der Waals surface area contributed by atoms with Crippen molar-refractivity contribution in [1.82, 2.24) is 0 Å². The molecule has 1 atom stereocenters. The van der Waals surface area contributed by atoms with E-state index in [1.165, 1.54) is 0 Å². The van der Waals surface area contributed by atoms with Crippen LogP contribution in [0.1, 0.15) is 41.5 Å². The molecule has 0 fully saturated rings. The SMILES string of the molecule is CCC(C(N)=O)c1ccc2c(c1)C(=C1C(=O)Nc3ccccc31)OC2.